The van der Waals surface area contributed by atoms with Gasteiger partial charge in [-0.25, -0.2) is 15.0 Å². The normalized spacial score (nSPS) is 26.5. The Morgan fingerprint density at radius 1 is 1.46 bits per heavy atom. The molecule has 2 aromatic heterocycles. The van der Waals surface area contributed by atoms with Crippen molar-refractivity contribution in [2.45, 2.75) is 81.8 Å². The van der Waals surface area contributed by atoms with Crippen molar-refractivity contribution in [1.82, 2.24) is 24.8 Å². The number of nitrogens with one attached hydrogen (secondary N) is 1. The van der Waals surface area contributed by atoms with Crippen LogP contribution in [0.1, 0.15) is 53.2 Å². The molecule has 13 heteroatoms. The smallest absolute Gasteiger partial charge is 0.326 e. The first-order chi connectivity index (χ1) is 16.4. The third kappa shape index (κ3) is 4.79. The van der Waals surface area contributed by atoms with Crippen molar-refractivity contribution >= 4 is 31.0 Å². The van der Waals surface area contributed by atoms with E-state index < -0.39 is 36.8 Å². The molecular weight excluding hydrogens is 475 g/mol. The number of nitrogen functional groups attached to an aromatic ring is 1. The SMILES string of the molecule is C#C[C@]1(CO[PH](=O)C(C)(C)NC2(C(=O)OC(C)C)CC2)O[C@@H](n2cnc3c(N)ncnc32)C[C@@H]1O. The van der Waals surface area contributed by atoms with E-state index in [1.54, 1.807) is 32.3 Å². The zero-order chi connectivity index (χ0) is 25.6. The van der Waals surface area contributed by atoms with Gasteiger partial charge in [-0.3, -0.25) is 19.2 Å². The second-order valence-electron chi connectivity index (χ2n) is 9.80. The Morgan fingerprint density at radius 3 is 2.80 bits per heavy atom. The third-order valence-corrected chi connectivity index (χ3v) is 7.77. The van der Waals surface area contributed by atoms with Crippen LogP contribution in [-0.4, -0.2) is 65.8 Å². The van der Waals surface area contributed by atoms with E-state index in [0.717, 1.165) is 0 Å². The molecule has 1 saturated heterocycles. The van der Waals surface area contributed by atoms with Crippen LogP contribution in [0.25, 0.3) is 11.2 Å². The van der Waals surface area contributed by atoms with Gasteiger partial charge in [-0.05, 0) is 40.5 Å². The number of aliphatic hydroxyl groups excluding tert-OH is 1. The fraction of sp³-hybridized carbons (Fsp3) is 0.636. The van der Waals surface area contributed by atoms with Crippen molar-refractivity contribution in [2.75, 3.05) is 12.3 Å². The summed E-state index contributed by atoms with van der Waals surface area (Å²) in [5.41, 5.74) is 4.28. The summed E-state index contributed by atoms with van der Waals surface area (Å²) < 4.78 is 31.9. The van der Waals surface area contributed by atoms with Crippen LogP contribution in [0, 0.1) is 12.3 Å². The minimum Gasteiger partial charge on any atom is -0.462 e. The molecule has 2 fully saturated rings. The molecule has 2 aromatic rings. The largest absolute Gasteiger partial charge is 0.462 e. The number of esters is 1. The van der Waals surface area contributed by atoms with Crippen molar-refractivity contribution in [1.29, 1.82) is 0 Å². The maximum atomic E-state index is 13.2. The Balaban J connectivity index is 1.44. The summed E-state index contributed by atoms with van der Waals surface area (Å²) in [4.78, 5) is 24.8. The maximum absolute atomic E-state index is 13.2. The molecule has 0 bridgehead atoms. The summed E-state index contributed by atoms with van der Waals surface area (Å²) >= 11 is 0. The van der Waals surface area contributed by atoms with Gasteiger partial charge in [0.05, 0.1) is 24.3 Å². The van der Waals surface area contributed by atoms with Gasteiger partial charge in [-0.1, -0.05) is 5.92 Å². The van der Waals surface area contributed by atoms with Crippen molar-refractivity contribution in [3.05, 3.63) is 12.7 Å². The molecule has 1 aliphatic carbocycles. The minimum atomic E-state index is -2.80. The molecule has 1 unspecified atom stereocenters. The lowest BCUT2D eigenvalue weighted by atomic mass is 9.99. The molecule has 0 amide bonds. The molecule has 4 N–H and O–H groups in total. The second kappa shape index (κ2) is 9.15. The standard InChI is InChI=1S/C22H31N6O6P/c1-6-22(10-32-35(31)20(4,5)27-21(7-8-21)19(30)33-13(2)3)14(29)9-15(34-22)28-12-26-16-17(23)24-11-25-18(16)28/h1,11-15,27,29,35H,7-10H2,2-5H3,(H2,23,24,25)/t14-,15+,22+/m0/s1. The van der Waals surface area contributed by atoms with Gasteiger partial charge in [0, 0.05) is 6.42 Å². The van der Waals surface area contributed by atoms with Crippen LogP contribution >= 0.6 is 8.03 Å². The number of ether oxygens (including phenoxy) is 2. The molecule has 4 atom stereocenters. The van der Waals surface area contributed by atoms with Crippen molar-refractivity contribution in [3.8, 4) is 12.3 Å². The molecule has 1 saturated carbocycles. The van der Waals surface area contributed by atoms with Crippen molar-refractivity contribution in [2.24, 2.45) is 0 Å². The van der Waals surface area contributed by atoms with Crippen LogP contribution in [0.2, 0.25) is 0 Å². The lowest BCUT2D eigenvalue weighted by Gasteiger charge is -2.32. The van der Waals surface area contributed by atoms with Crippen molar-refractivity contribution in [3.63, 3.8) is 0 Å². The molecule has 12 nitrogen and oxygen atoms in total. The van der Waals surface area contributed by atoms with E-state index in [1.807, 2.05) is 0 Å². The van der Waals surface area contributed by atoms with Gasteiger partial charge < -0.3 is 24.8 Å². The van der Waals surface area contributed by atoms with Crippen LogP contribution in [0.15, 0.2) is 12.7 Å². The fourth-order valence-corrected chi connectivity index (χ4v) is 5.19. The lowest BCUT2D eigenvalue weighted by Crippen LogP contribution is -2.51. The third-order valence-electron chi connectivity index (χ3n) is 6.21. The number of nitrogens with two attached hydrogens (primary N) is 1. The monoisotopic (exact) mass is 506 g/mol. The quantitative estimate of drug-likeness (QED) is 0.256. The summed E-state index contributed by atoms with van der Waals surface area (Å²) in [6.07, 6.45) is 7.80. The Morgan fingerprint density at radius 2 is 2.17 bits per heavy atom. The number of carbonyl (C=O) groups is 1. The summed E-state index contributed by atoms with van der Waals surface area (Å²) in [7, 11) is -2.80. The van der Waals surface area contributed by atoms with E-state index in [1.165, 1.54) is 12.7 Å². The molecule has 3 heterocycles. The molecule has 190 valence electrons. The van der Waals surface area contributed by atoms with Gasteiger partial charge in [-0.15, -0.1) is 6.42 Å². The number of terminal acetylenes is 1. The van der Waals surface area contributed by atoms with Crippen molar-refractivity contribution < 1.29 is 28.5 Å². The van der Waals surface area contributed by atoms with Crippen LogP contribution in [-0.2, 0) is 23.4 Å². The summed E-state index contributed by atoms with van der Waals surface area (Å²) in [6.45, 7) is 6.63. The Labute approximate surface area is 203 Å². The topological polar surface area (TPSA) is 164 Å². The highest BCUT2D eigenvalue weighted by Crippen LogP contribution is 2.47. The van der Waals surface area contributed by atoms with Gasteiger partial charge in [-0.2, -0.15) is 0 Å². The average molecular weight is 507 g/mol. The van der Waals surface area contributed by atoms with Gasteiger partial charge in [0.25, 0.3) is 0 Å². The number of imidazole rings is 1. The second-order valence-corrected chi connectivity index (χ2v) is 11.9. The number of rotatable bonds is 9. The molecular formula is C22H31N6O6P. The number of anilines is 1. The molecule has 0 spiro atoms. The maximum Gasteiger partial charge on any atom is 0.326 e. The number of fused-ring (bicyclic) bond motifs is 1. The molecule has 2 aliphatic rings. The first-order valence-corrected chi connectivity index (χ1v) is 12.7. The average Bonchev–Trinajstić information content (AvgIpc) is 3.30. The Kier molecular flexibility index (Phi) is 6.68. The van der Waals surface area contributed by atoms with Gasteiger partial charge in [0.1, 0.15) is 29.7 Å². The predicted octanol–water partition coefficient (Wildman–Crippen LogP) is 1.36. The van der Waals surface area contributed by atoms with Gasteiger partial charge >= 0.3 is 5.97 Å². The lowest BCUT2D eigenvalue weighted by molar-refractivity contribution is -0.151. The van der Waals surface area contributed by atoms with Crippen LogP contribution in [0.5, 0.6) is 0 Å². The summed E-state index contributed by atoms with van der Waals surface area (Å²) in [5, 5.41) is 12.9. The number of aliphatic hydroxyl groups is 1. The number of aromatic nitrogens is 4. The van der Waals surface area contributed by atoms with E-state index in [2.05, 4.69) is 26.2 Å². The molecule has 0 aromatic carbocycles. The van der Waals surface area contributed by atoms with Crippen LogP contribution < -0.4 is 11.1 Å². The van der Waals surface area contributed by atoms with Gasteiger partial charge in [0.2, 0.25) is 8.03 Å². The first-order valence-electron chi connectivity index (χ1n) is 11.4. The van der Waals surface area contributed by atoms with E-state index in [-0.39, 0.29) is 30.9 Å². The number of hydrogen-bond acceptors (Lipinski definition) is 11. The Hall–Kier alpha value is -2.55. The highest BCUT2D eigenvalue weighted by molar-refractivity contribution is 7.41. The fourth-order valence-electron chi connectivity index (χ4n) is 4.14. The summed E-state index contributed by atoms with van der Waals surface area (Å²) in [5.74, 6) is 2.33. The Bertz CT molecular complexity index is 1190. The van der Waals surface area contributed by atoms with Crippen LogP contribution in [0.3, 0.4) is 0 Å². The zero-order valence-corrected chi connectivity index (χ0v) is 21.1. The summed E-state index contributed by atoms with van der Waals surface area (Å²) in [6, 6.07) is 0. The number of hydrogen-bond donors (Lipinski definition) is 3. The van der Waals surface area contributed by atoms with E-state index in [4.69, 9.17) is 26.2 Å². The van der Waals surface area contributed by atoms with E-state index >= 15 is 0 Å². The van der Waals surface area contributed by atoms with Gasteiger partial charge in [0.15, 0.2) is 17.1 Å². The molecule has 35 heavy (non-hydrogen) atoms. The highest BCUT2D eigenvalue weighted by Gasteiger charge is 2.55. The first kappa shape index (κ1) is 25.5. The molecule has 1 aliphatic heterocycles. The number of nitrogens with zero attached hydrogens (tertiary/aromatic N) is 4. The van der Waals surface area contributed by atoms with Crippen LogP contribution in [0.4, 0.5) is 5.82 Å². The number of carbonyl (C=O) groups excluding carboxylic acids is 1. The molecule has 4 rings (SSSR count). The van der Waals surface area contributed by atoms with E-state index in [9.17, 15) is 14.5 Å². The zero-order valence-electron chi connectivity index (χ0n) is 20.1. The predicted molar refractivity (Wildman–Crippen MR) is 127 cm³/mol. The van der Waals surface area contributed by atoms with E-state index in [0.29, 0.717) is 24.0 Å². The minimum absolute atomic E-state index is 0.135. The molecule has 0 radical (unpaired) electrons. The highest BCUT2D eigenvalue weighted by atomic mass is 31.1.